The van der Waals surface area contributed by atoms with Gasteiger partial charge in [0.15, 0.2) is 0 Å². The van der Waals surface area contributed by atoms with Crippen LogP contribution in [0.1, 0.15) is 49.5 Å². The summed E-state index contributed by atoms with van der Waals surface area (Å²) in [6, 6.07) is 3.66. The van der Waals surface area contributed by atoms with Crippen LogP contribution in [0.5, 0.6) is 0 Å². The Morgan fingerprint density at radius 3 is 2.74 bits per heavy atom. The summed E-state index contributed by atoms with van der Waals surface area (Å²) in [6.45, 7) is 8.32. The van der Waals surface area contributed by atoms with Gasteiger partial charge in [0, 0.05) is 22.9 Å². The lowest BCUT2D eigenvalue weighted by Crippen LogP contribution is -2.05. The van der Waals surface area contributed by atoms with Crippen molar-refractivity contribution in [2.45, 2.75) is 40.5 Å². The van der Waals surface area contributed by atoms with Crippen LogP contribution in [0.2, 0.25) is 0 Å². The number of carbonyl (C=O) groups is 1. The molecule has 0 atom stereocenters. The highest BCUT2D eigenvalue weighted by molar-refractivity contribution is 7.13. The first-order valence-corrected chi connectivity index (χ1v) is 8.70. The van der Waals surface area contributed by atoms with Crippen molar-refractivity contribution in [1.82, 2.24) is 4.98 Å². The van der Waals surface area contributed by atoms with E-state index < -0.39 is 0 Å². The smallest absolute Gasteiger partial charge is 0.338 e. The highest BCUT2D eigenvalue weighted by atomic mass is 32.1. The third kappa shape index (κ3) is 4.26. The zero-order chi connectivity index (χ0) is 16.8. The van der Waals surface area contributed by atoms with Crippen LogP contribution >= 0.6 is 11.3 Å². The fourth-order valence-corrected chi connectivity index (χ4v) is 3.06. The van der Waals surface area contributed by atoms with Crippen LogP contribution in [0.25, 0.3) is 10.6 Å². The van der Waals surface area contributed by atoms with E-state index in [9.17, 15) is 4.79 Å². The number of thiazole rings is 1. The second kappa shape index (κ2) is 8.02. The van der Waals surface area contributed by atoms with Crippen LogP contribution in [0.3, 0.4) is 0 Å². The Morgan fingerprint density at radius 1 is 1.35 bits per heavy atom. The Morgan fingerprint density at radius 2 is 2.13 bits per heavy atom. The summed E-state index contributed by atoms with van der Waals surface area (Å²) in [4.78, 5) is 21.2. The van der Waals surface area contributed by atoms with Gasteiger partial charge in [-0.15, -0.1) is 11.3 Å². The van der Waals surface area contributed by atoms with Gasteiger partial charge in [-0.1, -0.05) is 13.3 Å². The van der Waals surface area contributed by atoms with Crippen molar-refractivity contribution in [2.75, 3.05) is 6.61 Å². The average Bonchev–Trinajstić information content (AvgIpc) is 3.04. The van der Waals surface area contributed by atoms with Crippen molar-refractivity contribution in [3.8, 4) is 10.6 Å². The molecular weight excluding hydrogens is 308 g/mol. The first-order valence-electron chi connectivity index (χ1n) is 7.82. The van der Waals surface area contributed by atoms with Crippen LogP contribution in [-0.2, 0) is 4.74 Å². The minimum atomic E-state index is -0.324. The maximum atomic E-state index is 12.2. The van der Waals surface area contributed by atoms with Gasteiger partial charge in [-0.3, -0.25) is 4.99 Å². The van der Waals surface area contributed by atoms with Gasteiger partial charge in [0.25, 0.3) is 0 Å². The molecule has 0 bridgehead atoms. The lowest BCUT2D eigenvalue weighted by atomic mass is 10.0. The molecule has 0 unspecified atom stereocenters. The number of aromatic nitrogens is 1. The number of benzene rings is 1. The monoisotopic (exact) mass is 330 g/mol. The molecule has 0 aliphatic carbocycles. The van der Waals surface area contributed by atoms with E-state index >= 15 is 0 Å². The van der Waals surface area contributed by atoms with E-state index in [1.165, 1.54) is 0 Å². The van der Waals surface area contributed by atoms with Gasteiger partial charge >= 0.3 is 5.97 Å². The first-order chi connectivity index (χ1) is 11.1. The minimum absolute atomic E-state index is 0.324. The third-order valence-corrected chi connectivity index (χ3v) is 4.28. The number of hydrogen-bond acceptors (Lipinski definition) is 5. The van der Waals surface area contributed by atoms with E-state index in [0.29, 0.717) is 12.2 Å². The van der Waals surface area contributed by atoms with Crippen LogP contribution in [0.4, 0.5) is 5.69 Å². The topological polar surface area (TPSA) is 51.5 Å². The average molecular weight is 330 g/mol. The summed E-state index contributed by atoms with van der Waals surface area (Å²) >= 11 is 1.55. The van der Waals surface area contributed by atoms with Gasteiger partial charge in [-0.2, -0.15) is 0 Å². The molecule has 2 rings (SSSR count). The molecule has 1 heterocycles. The lowest BCUT2D eigenvalue weighted by molar-refractivity contribution is 0.0526. The van der Waals surface area contributed by atoms with Gasteiger partial charge in [0.2, 0.25) is 0 Å². The van der Waals surface area contributed by atoms with Gasteiger partial charge in [-0.25, -0.2) is 9.78 Å². The fourth-order valence-electron chi connectivity index (χ4n) is 2.35. The standard InChI is InChI=1S/C18H22N2O2S/c1-5-7-12(3)20-16-11-14(18(21)22-6-2)10-15(13(16)4)17-19-8-9-23-17/h8-11H,5-7H2,1-4H3. The second-order valence-electron chi connectivity index (χ2n) is 5.32. The van der Waals surface area contributed by atoms with Gasteiger partial charge in [0.05, 0.1) is 17.9 Å². The van der Waals surface area contributed by atoms with Crippen molar-refractivity contribution in [3.63, 3.8) is 0 Å². The Kier molecular flexibility index (Phi) is 6.04. The molecule has 0 saturated carbocycles. The summed E-state index contributed by atoms with van der Waals surface area (Å²) in [6.07, 6.45) is 3.75. The van der Waals surface area contributed by atoms with Crippen molar-refractivity contribution in [1.29, 1.82) is 0 Å². The van der Waals surface area contributed by atoms with Gasteiger partial charge in [0.1, 0.15) is 5.01 Å². The number of aliphatic imine (C=N–C) groups is 1. The number of nitrogens with zero attached hydrogens (tertiary/aromatic N) is 2. The van der Waals surface area contributed by atoms with E-state index in [0.717, 1.165) is 40.4 Å². The van der Waals surface area contributed by atoms with E-state index in [1.54, 1.807) is 24.5 Å². The van der Waals surface area contributed by atoms with E-state index in [-0.39, 0.29) is 5.97 Å². The summed E-state index contributed by atoms with van der Waals surface area (Å²) in [5.74, 6) is -0.324. The zero-order valence-corrected chi connectivity index (χ0v) is 14.9. The predicted molar refractivity (Wildman–Crippen MR) is 95.9 cm³/mol. The molecule has 1 aromatic carbocycles. The highest BCUT2D eigenvalue weighted by Gasteiger charge is 2.15. The third-order valence-electron chi connectivity index (χ3n) is 3.48. The molecule has 4 nitrogen and oxygen atoms in total. The molecule has 0 N–H and O–H groups in total. The molecule has 0 aliphatic rings. The molecule has 1 aromatic heterocycles. The largest absolute Gasteiger partial charge is 0.462 e. The summed E-state index contributed by atoms with van der Waals surface area (Å²) in [5, 5.41) is 2.81. The number of esters is 1. The molecule has 122 valence electrons. The first kappa shape index (κ1) is 17.3. The van der Waals surface area contributed by atoms with Crippen molar-refractivity contribution >= 4 is 28.7 Å². The van der Waals surface area contributed by atoms with Crippen LogP contribution in [-0.4, -0.2) is 23.3 Å². The van der Waals surface area contributed by atoms with Crippen molar-refractivity contribution in [3.05, 3.63) is 34.8 Å². The Bertz CT molecular complexity index is 706. The molecule has 23 heavy (non-hydrogen) atoms. The molecule has 0 aliphatic heterocycles. The SMILES string of the molecule is CCCC(C)=Nc1cc(C(=O)OCC)cc(-c2nccs2)c1C. The Hall–Kier alpha value is -2.01. The minimum Gasteiger partial charge on any atom is -0.462 e. The van der Waals surface area contributed by atoms with Gasteiger partial charge in [-0.05, 0) is 44.9 Å². The van der Waals surface area contributed by atoms with Crippen LogP contribution in [0.15, 0.2) is 28.7 Å². The maximum absolute atomic E-state index is 12.2. The number of hydrogen-bond donors (Lipinski definition) is 0. The summed E-state index contributed by atoms with van der Waals surface area (Å²) in [7, 11) is 0. The summed E-state index contributed by atoms with van der Waals surface area (Å²) < 4.78 is 5.14. The number of ether oxygens (including phenoxy) is 1. The predicted octanol–water partition coefficient (Wildman–Crippen LogP) is 5.19. The molecule has 0 amide bonds. The summed E-state index contributed by atoms with van der Waals surface area (Å²) in [5.41, 5.74) is 4.36. The maximum Gasteiger partial charge on any atom is 0.338 e. The zero-order valence-electron chi connectivity index (χ0n) is 14.0. The lowest BCUT2D eigenvalue weighted by Gasteiger charge is -2.11. The number of rotatable bonds is 6. The Balaban J connectivity index is 2.56. The molecule has 0 saturated heterocycles. The Labute approximate surface area is 141 Å². The molecule has 0 radical (unpaired) electrons. The molecule has 0 spiro atoms. The van der Waals surface area contributed by atoms with E-state index in [2.05, 4.69) is 11.9 Å². The molecule has 2 aromatic rings. The van der Waals surface area contributed by atoms with Crippen LogP contribution in [0, 0.1) is 6.92 Å². The van der Waals surface area contributed by atoms with E-state index in [4.69, 9.17) is 9.73 Å². The quantitative estimate of drug-likeness (QED) is 0.541. The second-order valence-corrected chi connectivity index (χ2v) is 6.22. The van der Waals surface area contributed by atoms with Crippen molar-refractivity contribution in [2.24, 2.45) is 4.99 Å². The van der Waals surface area contributed by atoms with Gasteiger partial charge < -0.3 is 4.74 Å². The molecular formula is C18H22N2O2S. The normalized spacial score (nSPS) is 11.6. The van der Waals surface area contributed by atoms with Crippen molar-refractivity contribution < 1.29 is 9.53 Å². The molecule has 5 heteroatoms. The van der Waals surface area contributed by atoms with E-state index in [1.807, 2.05) is 31.4 Å². The van der Waals surface area contributed by atoms with Crippen LogP contribution < -0.4 is 0 Å². The fraction of sp³-hybridized carbons (Fsp3) is 0.389. The highest BCUT2D eigenvalue weighted by Crippen LogP contribution is 2.33. The molecule has 0 fully saturated rings. The number of carbonyl (C=O) groups excluding carboxylic acids is 1.